The molecule has 29 heavy (non-hydrogen) atoms. The fourth-order valence-corrected chi connectivity index (χ4v) is 4.18. The first kappa shape index (κ1) is 19.4. The number of guanidine groups is 1. The summed E-state index contributed by atoms with van der Waals surface area (Å²) in [5.74, 6) is 1.37. The highest BCUT2D eigenvalue weighted by Gasteiger charge is 2.15. The van der Waals surface area contributed by atoms with Gasteiger partial charge in [0, 0.05) is 44.0 Å². The molecule has 4 rings (SSSR count). The van der Waals surface area contributed by atoms with Crippen molar-refractivity contribution in [1.29, 1.82) is 0 Å². The summed E-state index contributed by atoms with van der Waals surface area (Å²) in [5, 5.41) is 9.93. The van der Waals surface area contributed by atoms with Crippen molar-refractivity contribution in [2.75, 3.05) is 31.6 Å². The van der Waals surface area contributed by atoms with E-state index in [1.807, 2.05) is 30.3 Å². The number of benzene rings is 1. The van der Waals surface area contributed by atoms with E-state index in [4.69, 9.17) is 9.40 Å². The third-order valence-electron chi connectivity index (χ3n) is 4.82. The molecular weight excluding hydrogens is 384 g/mol. The second-order valence-electron chi connectivity index (χ2n) is 6.93. The van der Waals surface area contributed by atoms with E-state index in [1.54, 1.807) is 24.6 Å². The van der Waals surface area contributed by atoms with Crippen molar-refractivity contribution >= 4 is 22.4 Å². The maximum atomic E-state index is 5.58. The molecule has 0 unspecified atom stereocenters. The molecule has 0 saturated carbocycles. The zero-order chi connectivity index (χ0) is 19.9. The van der Waals surface area contributed by atoms with Gasteiger partial charge in [-0.05, 0) is 25.0 Å². The van der Waals surface area contributed by atoms with Crippen molar-refractivity contribution in [1.82, 2.24) is 20.6 Å². The summed E-state index contributed by atoms with van der Waals surface area (Å²) in [5.41, 5.74) is 2.93. The molecule has 1 aromatic carbocycles. The zero-order valence-corrected chi connectivity index (χ0v) is 17.4. The van der Waals surface area contributed by atoms with E-state index in [0.717, 1.165) is 54.1 Å². The number of anilines is 1. The first-order valence-electron chi connectivity index (χ1n) is 9.95. The number of hydrogen-bond donors (Lipinski definition) is 2. The van der Waals surface area contributed by atoms with Gasteiger partial charge in [0.1, 0.15) is 6.26 Å². The fourth-order valence-electron chi connectivity index (χ4n) is 3.27. The molecule has 8 heteroatoms. The Labute approximate surface area is 174 Å². The van der Waals surface area contributed by atoms with Gasteiger partial charge in [0.05, 0.1) is 17.9 Å². The minimum Gasteiger partial charge on any atom is -0.444 e. The summed E-state index contributed by atoms with van der Waals surface area (Å²) < 4.78 is 5.58. The van der Waals surface area contributed by atoms with Crippen LogP contribution in [0.2, 0.25) is 0 Å². The quantitative estimate of drug-likeness (QED) is 0.460. The molecule has 0 radical (unpaired) electrons. The van der Waals surface area contributed by atoms with Crippen LogP contribution < -0.4 is 15.5 Å². The van der Waals surface area contributed by atoms with Gasteiger partial charge in [-0.15, -0.1) is 11.3 Å². The molecule has 1 aliphatic rings. The van der Waals surface area contributed by atoms with E-state index in [2.05, 4.69) is 30.9 Å². The van der Waals surface area contributed by atoms with E-state index in [0.29, 0.717) is 12.4 Å². The highest BCUT2D eigenvalue weighted by Crippen LogP contribution is 2.24. The number of oxazole rings is 1. The van der Waals surface area contributed by atoms with Crippen LogP contribution in [0.15, 0.2) is 51.4 Å². The topological polar surface area (TPSA) is 78.6 Å². The third-order valence-corrected chi connectivity index (χ3v) is 5.77. The molecule has 152 valence electrons. The number of thiazole rings is 1. The minimum atomic E-state index is 0.547. The van der Waals surface area contributed by atoms with E-state index in [1.165, 1.54) is 12.8 Å². The maximum absolute atomic E-state index is 5.58. The van der Waals surface area contributed by atoms with E-state index in [9.17, 15) is 0 Å². The van der Waals surface area contributed by atoms with Crippen molar-refractivity contribution in [3.8, 4) is 11.5 Å². The Morgan fingerprint density at radius 2 is 1.97 bits per heavy atom. The summed E-state index contributed by atoms with van der Waals surface area (Å²) in [6.07, 6.45) is 5.10. The van der Waals surface area contributed by atoms with Crippen LogP contribution in [0, 0.1) is 0 Å². The van der Waals surface area contributed by atoms with Crippen LogP contribution in [0.4, 0.5) is 5.13 Å². The lowest BCUT2D eigenvalue weighted by atomic mass is 10.2. The van der Waals surface area contributed by atoms with Gasteiger partial charge in [-0.2, -0.15) is 0 Å². The van der Waals surface area contributed by atoms with Crippen molar-refractivity contribution in [2.45, 2.75) is 25.8 Å². The van der Waals surface area contributed by atoms with Crippen molar-refractivity contribution in [3.63, 3.8) is 0 Å². The molecule has 7 nitrogen and oxygen atoms in total. The van der Waals surface area contributed by atoms with Crippen LogP contribution in [-0.2, 0) is 13.0 Å². The lowest BCUT2D eigenvalue weighted by Crippen LogP contribution is -2.38. The monoisotopic (exact) mass is 410 g/mol. The van der Waals surface area contributed by atoms with Crippen molar-refractivity contribution < 1.29 is 4.42 Å². The average Bonchev–Trinajstić information content (AvgIpc) is 3.53. The smallest absolute Gasteiger partial charge is 0.226 e. The highest BCUT2D eigenvalue weighted by molar-refractivity contribution is 7.13. The largest absolute Gasteiger partial charge is 0.444 e. The van der Waals surface area contributed by atoms with Gasteiger partial charge in [-0.25, -0.2) is 9.97 Å². The predicted octanol–water partition coefficient (Wildman–Crippen LogP) is 3.31. The number of aliphatic imine (C=N–C) groups is 1. The second-order valence-corrected chi connectivity index (χ2v) is 7.76. The molecule has 2 aromatic heterocycles. The third kappa shape index (κ3) is 5.14. The van der Waals surface area contributed by atoms with Crippen LogP contribution in [0.5, 0.6) is 0 Å². The number of hydrogen-bond acceptors (Lipinski definition) is 6. The normalized spacial score (nSPS) is 14.4. The Kier molecular flexibility index (Phi) is 6.41. The SMILES string of the molecule is CN=C(NCCc1csc(N2CCCC2)n1)NCc1coc(-c2ccccc2)n1. The molecule has 0 amide bonds. The van der Waals surface area contributed by atoms with Gasteiger partial charge in [0.25, 0.3) is 0 Å². The van der Waals surface area contributed by atoms with Gasteiger partial charge in [0.2, 0.25) is 5.89 Å². The summed E-state index contributed by atoms with van der Waals surface area (Å²) in [7, 11) is 1.77. The molecule has 1 fully saturated rings. The van der Waals surface area contributed by atoms with Gasteiger partial charge in [-0.1, -0.05) is 18.2 Å². The fraction of sp³-hybridized carbons (Fsp3) is 0.381. The summed E-state index contributed by atoms with van der Waals surface area (Å²) >= 11 is 1.74. The molecule has 3 aromatic rings. The van der Waals surface area contributed by atoms with Crippen molar-refractivity contribution in [2.24, 2.45) is 4.99 Å². The molecule has 1 aliphatic heterocycles. The standard InChI is InChI=1S/C21H26N6OS/c1-22-20(23-10-9-17-15-29-21(26-17)27-11-5-6-12-27)24-13-18-14-28-19(25-18)16-7-3-2-4-8-16/h2-4,7-8,14-15H,5-6,9-13H2,1H3,(H2,22,23,24). The Balaban J connectivity index is 1.22. The second kappa shape index (κ2) is 9.56. The molecular formula is C21H26N6OS. The minimum absolute atomic E-state index is 0.547. The van der Waals surface area contributed by atoms with Gasteiger partial charge >= 0.3 is 0 Å². The molecule has 1 saturated heterocycles. The summed E-state index contributed by atoms with van der Waals surface area (Å²) in [6.45, 7) is 3.59. The van der Waals surface area contributed by atoms with Gasteiger partial charge < -0.3 is 20.0 Å². The number of aromatic nitrogens is 2. The summed E-state index contributed by atoms with van der Waals surface area (Å²) in [4.78, 5) is 15.9. The maximum Gasteiger partial charge on any atom is 0.226 e. The van der Waals surface area contributed by atoms with Crippen molar-refractivity contribution in [3.05, 3.63) is 53.4 Å². The molecule has 2 N–H and O–H groups in total. The van der Waals surface area contributed by atoms with Gasteiger partial charge in [0.15, 0.2) is 11.1 Å². The Morgan fingerprint density at radius 1 is 1.14 bits per heavy atom. The number of rotatable bonds is 7. The molecule has 0 aliphatic carbocycles. The van der Waals surface area contributed by atoms with Crippen LogP contribution in [-0.4, -0.2) is 42.6 Å². The van der Waals surface area contributed by atoms with E-state index < -0.39 is 0 Å². The summed E-state index contributed by atoms with van der Waals surface area (Å²) in [6, 6.07) is 9.89. The van der Waals surface area contributed by atoms with Gasteiger partial charge in [-0.3, -0.25) is 4.99 Å². The lowest BCUT2D eigenvalue weighted by Gasteiger charge is -2.12. The highest BCUT2D eigenvalue weighted by atomic mass is 32.1. The Hall–Kier alpha value is -2.87. The van der Waals surface area contributed by atoms with E-state index >= 15 is 0 Å². The molecule has 0 spiro atoms. The van der Waals surface area contributed by atoms with Crippen LogP contribution in [0.1, 0.15) is 24.2 Å². The number of nitrogens with zero attached hydrogens (tertiary/aromatic N) is 4. The van der Waals surface area contributed by atoms with Crippen LogP contribution >= 0.6 is 11.3 Å². The first-order valence-corrected chi connectivity index (χ1v) is 10.8. The molecule has 0 atom stereocenters. The average molecular weight is 411 g/mol. The first-order chi connectivity index (χ1) is 14.3. The Bertz CT molecular complexity index is 930. The lowest BCUT2D eigenvalue weighted by molar-refractivity contribution is 0.572. The Morgan fingerprint density at radius 3 is 2.76 bits per heavy atom. The van der Waals surface area contributed by atoms with Crippen LogP contribution in [0.3, 0.4) is 0 Å². The van der Waals surface area contributed by atoms with E-state index in [-0.39, 0.29) is 0 Å². The molecule has 3 heterocycles. The van der Waals surface area contributed by atoms with Crippen LogP contribution in [0.25, 0.3) is 11.5 Å². The molecule has 0 bridgehead atoms. The predicted molar refractivity (Wildman–Crippen MR) is 117 cm³/mol. The number of nitrogens with one attached hydrogen (secondary N) is 2. The zero-order valence-electron chi connectivity index (χ0n) is 16.6.